The zero-order valence-corrected chi connectivity index (χ0v) is 14.2. The Bertz CT molecular complexity index is 791. The molecule has 0 fully saturated rings. The lowest BCUT2D eigenvalue weighted by atomic mass is 9.89. The largest absolute Gasteiger partial charge is 0.411 e. The van der Waals surface area contributed by atoms with Crippen molar-refractivity contribution >= 4 is 23.0 Å². The lowest BCUT2D eigenvalue weighted by molar-refractivity contribution is -0.144. The van der Waals surface area contributed by atoms with Crippen molar-refractivity contribution in [1.82, 2.24) is 4.98 Å². The molecule has 0 bridgehead atoms. The number of thiazole rings is 1. The van der Waals surface area contributed by atoms with Gasteiger partial charge in [0.25, 0.3) is 5.67 Å². The highest BCUT2D eigenvalue weighted by Crippen LogP contribution is 2.35. The third-order valence-electron chi connectivity index (χ3n) is 3.43. The van der Waals surface area contributed by atoms with E-state index in [-0.39, 0.29) is 11.5 Å². The van der Waals surface area contributed by atoms with E-state index in [2.05, 4.69) is 10.1 Å². The molecule has 0 spiro atoms. The van der Waals surface area contributed by atoms with Crippen molar-refractivity contribution in [3.05, 3.63) is 46.3 Å². The van der Waals surface area contributed by atoms with Gasteiger partial charge in [-0.15, -0.1) is 0 Å². The maximum atomic E-state index is 15.6. The summed E-state index contributed by atoms with van der Waals surface area (Å²) in [4.78, 5) is 16.6. The van der Waals surface area contributed by atoms with Gasteiger partial charge in [0.15, 0.2) is 0 Å². The number of carbonyl (C=O) groups excluding carboxylic acids is 1. The lowest BCUT2D eigenvalue weighted by Gasteiger charge is -2.24. The van der Waals surface area contributed by atoms with Crippen LogP contribution < -0.4 is 4.74 Å². The number of aromatic nitrogens is 1. The monoisotopic (exact) mass is 354 g/mol. The number of hydrogen-bond acceptors (Lipinski definition) is 6. The molecule has 5 nitrogen and oxygen atoms in total. The second-order valence-corrected chi connectivity index (χ2v) is 6.20. The van der Waals surface area contributed by atoms with Crippen LogP contribution in [0.4, 0.5) is 8.78 Å². The third-order valence-corrected chi connectivity index (χ3v) is 4.38. The number of esters is 1. The van der Waals surface area contributed by atoms with E-state index in [0.717, 1.165) is 23.5 Å². The summed E-state index contributed by atoms with van der Waals surface area (Å²) < 4.78 is 34.9. The molecular weight excluding hydrogens is 338 g/mol. The van der Waals surface area contributed by atoms with E-state index in [0.29, 0.717) is 10.7 Å². The molecule has 1 N–H and O–H groups in total. The Morgan fingerprint density at radius 3 is 2.58 bits per heavy atom. The minimum Gasteiger partial charge on any atom is -0.411 e. The summed E-state index contributed by atoms with van der Waals surface area (Å²) in [6.07, 6.45) is -0.114. The van der Waals surface area contributed by atoms with Crippen molar-refractivity contribution in [2.24, 2.45) is 5.16 Å². The van der Waals surface area contributed by atoms with E-state index in [1.165, 1.54) is 19.1 Å². The molecule has 0 amide bonds. The van der Waals surface area contributed by atoms with Crippen LogP contribution in [0.5, 0.6) is 5.06 Å². The van der Waals surface area contributed by atoms with Crippen LogP contribution in [0.15, 0.2) is 29.4 Å². The van der Waals surface area contributed by atoms with Gasteiger partial charge in [-0.25, -0.2) is 18.6 Å². The van der Waals surface area contributed by atoms with Crippen molar-refractivity contribution < 1.29 is 23.5 Å². The normalized spacial score (nSPS) is 14.3. The van der Waals surface area contributed by atoms with Gasteiger partial charge in [0, 0.05) is 5.56 Å². The van der Waals surface area contributed by atoms with E-state index in [4.69, 9.17) is 9.94 Å². The predicted octanol–water partition coefficient (Wildman–Crippen LogP) is 3.91. The Balaban J connectivity index is 2.52. The summed E-state index contributed by atoms with van der Waals surface area (Å²) in [5.74, 6) is -2.32. The minimum absolute atomic E-state index is 0.114. The molecule has 0 saturated carbocycles. The van der Waals surface area contributed by atoms with Gasteiger partial charge in [-0.3, -0.25) is 0 Å². The van der Waals surface area contributed by atoms with Gasteiger partial charge in [-0.1, -0.05) is 41.6 Å². The number of alkyl halides is 1. The highest BCUT2D eigenvalue weighted by molar-refractivity contribution is 7.13. The van der Waals surface area contributed by atoms with Crippen LogP contribution in [0.25, 0.3) is 0 Å². The first-order chi connectivity index (χ1) is 11.3. The zero-order valence-electron chi connectivity index (χ0n) is 13.3. The molecule has 1 heterocycles. The number of rotatable bonds is 5. The van der Waals surface area contributed by atoms with Crippen LogP contribution >= 0.6 is 11.3 Å². The van der Waals surface area contributed by atoms with E-state index in [1.807, 2.05) is 0 Å². The van der Waals surface area contributed by atoms with Crippen LogP contribution in [0.3, 0.4) is 0 Å². The molecule has 0 radical (unpaired) electrons. The Morgan fingerprint density at radius 2 is 2.08 bits per heavy atom. The first-order valence-corrected chi connectivity index (χ1v) is 7.97. The van der Waals surface area contributed by atoms with Crippen molar-refractivity contribution in [2.45, 2.75) is 32.9 Å². The molecule has 1 atom stereocenters. The number of benzene rings is 1. The van der Waals surface area contributed by atoms with Gasteiger partial charge >= 0.3 is 5.97 Å². The van der Waals surface area contributed by atoms with Crippen molar-refractivity contribution in [3.8, 4) is 5.06 Å². The number of carbonyl (C=O) groups is 1. The minimum atomic E-state index is -3.04. The molecule has 128 valence electrons. The molecule has 8 heteroatoms. The Labute approximate surface area is 141 Å². The van der Waals surface area contributed by atoms with Crippen LogP contribution in [-0.2, 0) is 10.5 Å². The smallest absolute Gasteiger partial charge is 0.361 e. The SMILES string of the molecule is CCC(=NO)C(F)(C(=O)Oc1sc(C)nc1C)c1ccccc1F. The summed E-state index contributed by atoms with van der Waals surface area (Å²) in [6, 6.07) is 4.88. The fourth-order valence-electron chi connectivity index (χ4n) is 2.27. The van der Waals surface area contributed by atoms with Gasteiger partial charge < -0.3 is 9.94 Å². The van der Waals surface area contributed by atoms with Gasteiger partial charge in [0.05, 0.1) is 10.7 Å². The Morgan fingerprint density at radius 1 is 1.42 bits per heavy atom. The molecule has 0 saturated heterocycles. The molecule has 0 aliphatic carbocycles. The predicted molar refractivity (Wildman–Crippen MR) is 85.9 cm³/mol. The van der Waals surface area contributed by atoms with Crippen molar-refractivity contribution in [2.75, 3.05) is 0 Å². The summed E-state index contributed by atoms with van der Waals surface area (Å²) in [7, 11) is 0. The summed E-state index contributed by atoms with van der Waals surface area (Å²) in [5.41, 5.74) is -3.74. The number of hydrogen-bond donors (Lipinski definition) is 1. The van der Waals surface area contributed by atoms with Crippen LogP contribution in [0.2, 0.25) is 0 Å². The van der Waals surface area contributed by atoms with E-state index in [9.17, 15) is 9.18 Å². The highest BCUT2D eigenvalue weighted by atomic mass is 32.1. The standard InChI is InChI=1S/C16H16F2N2O3S/c1-4-13(20-22)16(18,11-7-5-6-8-12(11)17)15(21)23-14-9(2)19-10(3)24-14/h5-8,22H,4H2,1-3H3. The van der Waals surface area contributed by atoms with E-state index < -0.39 is 28.7 Å². The first kappa shape index (κ1) is 18.0. The average Bonchev–Trinajstić information content (AvgIpc) is 2.86. The molecule has 1 unspecified atom stereocenters. The van der Waals surface area contributed by atoms with Gasteiger partial charge in [-0.2, -0.15) is 0 Å². The highest BCUT2D eigenvalue weighted by Gasteiger charge is 2.49. The maximum absolute atomic E-state index is 15.6. The first-order valence-electron chi connectivity index (χ1n) is 7.16. The second-order valence-electron chi connectivity index (χ2n) is 5.03. The van der Waals surface area contributed by atoms with E-state index in [1.54, 1.807) is 13.8 Å². The fourth-order valence-corrected chi connectivity index (χ4v) is 3.03. The number of nitrogens with zero attached hydrogens (tertiary/aromatic N) is 2. The number of halogens is 2. The van der Waals surface area contributed by atoms with Crippen molar-refractivity contribution in [1.29, 1.82) is 0 Å². The molecule has 1 aromatic carbocycles. The van der Waals surface area contributed by atoms with Gasteiger partial charge in [-0.05, 0) is 26.3 Å². The van der Waals surface area contributed by atoms with Crippen molar-refractivity contribution in [3.63, 3.8) is 0 Å². The van der Waals surface area contributed by atoms with Gasteiger partial charge in [0.2, 0.25) is 5.06 Å². The molecule has 1 aromatic heterocycles. The maximum Gasteiger partial charge on any atom is 0.361 e. The number of ether oxygens (including phenoxy) is 1. The Hall–Kier alpha value is -2.35. The fraction of sp³-hybridized carbons (Fsp3) is 0.312. The third kappa shape index (κ3) is 3.14. The topological polar surface area (TPSA) is 71.8 Å². The zero-order chi connectivity index (χ0) is 17.9. The number of oxime groups is 1. The summed E-state index contributed by atoms with van der Waals surface area (Å²) in [5, 5.41) is 12.7. The second kappa shape index (κ2) is 7.04. The van der Waals surface area contributed by atoms with Crippen LogP contribution in [0, 0.1) is 19.7 Å². The summed E-state index contributed by atoms with van der Waals surface area (Å²) in [6.45, 7) is 4.80. The van der Waals surface area contributed by atoms with Crippen LogP contribution in [0.1, 0.15) is 29.6 Å². The molecule has 24 heavy (non-hydrogen) atoms. The van der Waals surface area contributed by atoms with Crippen LogP contribution in [-0.4, -0.2) is 21.9 Å². The average molecular weight is 354 g/mol. The number of aryl methyl sites for hydroxylation is 2. The van der Waals surface area contributed by atoms with Gasteiger partial charge in [0.1, 0.15) is 11.5 Å². The molecule has 0 aliphatic heterocycles. The summed E-state index contributed by atoms with van der Waals surface area (Å²) >= 11 is 1.07. The lowest BCUT2D eigenvalue weighted by Crippen LogP contribution is -2.43. The molecule has 2 aromatic rings. The Kier molecular flexibility index (Phi) is 5.28. The molecular formula is C16H16F2N2O3S. The van der Waals surface area contributed by atoms with E-state index >= 15 is 4.39 Å². The molecule has 0 aliphatic rings. The molecule has 2 rings (SSSR count). The quantitative estimate of drug-likeness (QED) is 0.382.